The molecule has 1 amide bonds. The van der Waals surface area contributed by atoms with Gasteiger partial charge in [-0.05, 0) is 32.3 Å². The Morgan fingerprint density at radius 3 is 1.96 bits per heavy atom. The fourth-order valence-corrected chi connectivity index (χ4v) is 3.03. The third kappa shape index (κ3) is 13.9. The highest BCUT2D eigenvalue weighted by molar-refractivity contribution is 5.86. The number of unbranched alkanes of at least 4 members (excludes halogenated alkanes) is 8. The average molecular weight is 370 g/mol. The molecule has 0 saturated heterocycles. The van der Waals surface area contributed by atoms with Crippen LogP contribution in [0.15, 0.2) is 12.7 Å². The van der Waals surface area contributed by atoms with E-state index in [4.69, 9.17) is 4.74 Å². The van der Waals surface area contributed by atoms with Crippen LogP contribution in [0.3, 0.4) is 0 Å². The molecule has 0 aromatic heterocycles. The normalized spacial score (nSPS) is 11.2. The number of carbonyl (C=O) groups is 2. The first-order valence-corrected chi connectivity index (χ1v) is 10.2. The summed E-state index contributed by atoms with van der Waals surface area (Å²) in [6.07, 6.45) is 12.4. The molecule has 26 heavy (non-hydrogen) atoms. The Kier molecular flexibility index (Phi) is 14.0. The van der Waals surface area contributed by atoms with Gasteiger partial charge in [0.05, 0.1) is 27.2 Å². The van der Waals surface area contributed by atoms with Gasteiger partial charge in [-0.3, -0.25) is 4.79 Å². The standard InChI is InChI=1S/C21H41N2O3/c1-6-20(24)22(3)17-15-13-11-9-8-10-12-14-16-18-23(4,5)19-21(25)26-7-2/h6H,1,7-19H2,2-5H3/q+1. The fourth-order valence-electron chi connectivity index (χ4n) is 3.03. The van der Waals surface area contributed by atoms with Crippen molar-refractivity contribution < 1.29 is 18.8 Å². The number of amides is 1. The Morgan fingerprint density at radius 1 is 0.962 bits per heavy atom. The SMILES string of the molecule is C=CC(=O)N(C)CCCCCCCCCCC[N+](C)(C)CC(=O)OCC. The molecule has 0 N–H and O–H groups in total. The summed E-state index contributed by atoms with van der Waals surface area (Å²) in [4.78, 5) is 24.6. The van der Waals surface area contributed by atoms with Gasteiger partial charge >= 0.3 is 5.97 Å². The molecule has 0 aromatic rings. The van der Waals surface area contributed by atoms with Crippen LogP contribution in [0.1, 0.15) is 64.7 Å². The molecule has 0 aliphatic heterocycles. The van der Waals surface area contributed by atoms with Gasteiger partial charge in [-0.25, -0.2) is 4.79 Å². The molecule has 0 radical (unpaired) electrons. The topological polar surface area (TPSA) is 46.6 Å². The predicted molar refractivity (Wildman–Crippen MR) is 108 cm³/mol. The fraction of sp³-hybridized carbons (Fsp3) is 0.810. The van der Waals surface area contributed by atoms with Crippen molar-refractivity contribution in [2.24, 2.45) is 0 Å². The van der Waals surface area contributed by atoms with E-state index < -0.39 is 0 Å². The molecule has 0 aliphatic rings. The Balaban J connectivity index is 3.47. The molecule has 5 nitrogen and oxygen atoms in total. The minimum absolute atomic E-state index is 0.00838. The number of esters is 1. The maximum absolute atomic E-state index is 11.6. The summed E-state index contributed by atoms with van der Waals surface area (Å²) in [7, 11) is 6.02. The van der Waals surface area contributed by atoms with Crippen molar-refractivity contribution in [3.05, 3.63) is 12.7 Å². The van der Waals surface area contributed by atoms with Crippen LogP contribution >= 0.6 is 0 Å². The third-order valence-electron chi connectivity index (χ3n) is 4.67. The van der Waals surface area contributed by atoms with E-state index in [1.807, 2.05) is 14.0 Å². The molecule has 5 heteroatoms. The van der Waals surface area contributed by atoms with Crippen LogP contribution in [0.5, 0.6) is 0 Å². The molecule has 0 unspecified atom stereocenters. The van der Waals surface area contributed by atoms with Crippen molar-refractivity contribution in [1.29, 1.82) is 0 Å². The Hall–Kier alpha value is -1.36. The number of carbonyl (C=O) groups excluding carboxylic acids is 2. The molecule has 0 aliphatic carbocycles. The first kappa shape index (κ1) is 24.6. The molecule has 0 saturated carbocycles. The second kappa shape index (κ2) is 14.8. The summed E-state index contributed by atoms with van der Waals surface area (Å²) >= 11 is 0. The first-order valence-electron chi connectivity index (χ1n) is 10.2. The van der Waals surface area contributed by atoms with Gasteiger partial charge in [0, 0.05) is 13.6 Å². The van der Waals surface area contributed by atoms with Crippen molar-refractivity contribution >= 4 is 11.9 Å². The van der Waals surface area contributed by atoms with Crippen LogP contribution in [0.4, 0.5) is 0 Å². The lowest BCUT2D eigenvalue weighted by molar-refractivity contribution is -0.883. The zero-order chi connectivity index (χ0) is 19.8. The molecular weight excluding hydrogens is 328 g/mol. The second-order valence-electron chi connectivity index (χ2n) is 7.77. The molecule has 0 aromatic carbocycles. The van der Waals surface area contributed by atoms with E-state index >= 15 is 0 Å². The van der Waals surface area contributed by atoms with Crippen molar-refractivity contribution in [3.63, 3.8) is 0 Å². The van der Waals surface area contributed by atoms with Gasteiger partial charge in [0.15, 0.2) is 6.54 Å². The number of nitrogens with zero attached hydrogens (tertiary/aromatic N) is 2. The highest BCUT2D eigenvalue weighted by Gasteiger charge is 2.20. The smallest absolute Gasteiger partial charge is 0.361 e. The van der Waals surface area contributed by atoms with E-state index in [0.29, 0.717) is 17.6 Å². The van der Waals surface area contributed by atoms with Crippen LogP contribution in [-0.4, -0.2) is 68.6 Å². The monoisotopic (exact) mass is 369 g/mol. The lowest BCUT2D eigenvalue weighted by atomic mass is 10.1. The quantitative estimate of drug-likeness (QED) is 0.180. The van der Waals surface area contributed by atoms with Crippen molar-refractivity contribution in [3.8, 4) is 0 Å². The van der Waals surface area contributed by atoms with E-state index in [1.54, 1.807) is 4.90 Å². The minimum Gasteiger partial charge on any atom is -0.462 e. The van der Waals surface area contributed by atoms with E-state index in [1.165, 1.54) is 51.0 Å². The lowest BCUT2D eigenvalue weighted by Crippen LogP contribution is -2.45. The zero-order valence-electron chi connectivity index (χ0n) is 17.6. The van der Waals surface area contributed by atoms with Gasteiger partial charge in [-0.2, -0.15) is 0 Å². The molecule has 0 spiro atoms. The molecule has 0 fully saturated rings. The number of quaternary nitrogens is 1. The summed E-state index contributed by atoms with van der Waals surface area (Å²) in [5, 5.41) is 0. The summed E-state index contributed by atoms with van der Waals surface area (Å²) in [5.74, 6) is -0.0911. The average Bonchev–Trinajstić information content (AvgIpc) is 2.58. The van der Waals surface area contributed by atoms with Crippen LogP contribution in [0, 0.1) is 0 Å². The van der Waals surface area contributed by atoms with Crippen molar-refractivity contribution in [1.82, 2.24) is 4.90 Å². The molecule has 0 atom stereocenters. The largest absolute Gasteiger partial charge is 0.462 e. The maximum Gasteiger partial charge on any atom is 0.361 e. The molecule has 0 rings (SSSR count). The van der Waals surface area contributed by atoms with Crippen LogP contribution in [-0.2, 0) is 14.3 Å². The second-order valence-corrected chi connectivity index (χ2v) is 7.77. The van der Waals surface area contributed by atoms with Gasteiger partial charge in [0.1, 0.15) is 0 Å². The lowest BCUT2D eigenvalue weighted by Gasteiger charge is -2.28. The highest BCUT2D eigenvalue weighted by Crippen LogP contribution is 2.11. The van der Waals surface area contributed by atoms with Crippen molar-refractivity contribution in [2.45, 2.75) is 64.7 Å². The summed E-state index contributed by atoms with van der Waals surface area (Å²) in [6, 6.07) is 0. The van der Waals surface area contributed by atoms with E-state index in [9.17, 15) is 9.59 Å². The van der Waals surface area contributed by atoms with Gasteiger partial charge < -0.3 is 14.1 Å². The molecular formula is C21H41N2O3+. The Bertz CT molecular complexity index is 408. The van der Waals surface area contributed by atoms with Gasteiger partial charge in [0.25, 0.3) is 0 Å². The van der Waals surface area contributed by atoms with Crippen molar-refractivity contribution in [2.75, 3.05) is 47.4 Å². The van der Waals surface area contributed by atoms with E-state index in [-0.39, 0.29) is 11.9 Å². The molecule has 0 bridgehead atoms. The molecule has 0 heterocycles. The predicted octanol–water partition coefficient (Wildman–Crippen LogP) is 3.78. The number of likely N-dealkylation sites (N-methyl/N-ethyl adjacent to an activating group) is 2. The summed E-state index contributed by atoms with van der Waals surface area (Å²) < 4.78 is 5.74. The van der Waals surface area contributed by atoms with Crippen LogP contribution < -0.4 is 0 Å². The number of hydrogen-bond acceptors (Lipinski definition) is 3. The van der Waals surface area contributed by atoms with Crippen LogP contribution in [0.25, 0.3) is 0 Å². The zero-order valence-corrected chi connectivity index (χ0v) is 17.6. The summed E-state index contributed by atoms with van der Waals surface area (Å²) in [6.45, 7) is 8.12. The maximum atomic E-state index is 11.6. The van der Waals surface area contributed by atoms with Gasteiger partial charge in [-0.15, -0.1) is 0 Å². The highest BCUT2D eigenvalue weighted by atomic mass is 16.5. The number of ether oxygens (including phenoxy) is 1. The van der Waals surface area contributed by atoms with E-state index in [0.717, 1.165) is 25.9 Å². The third-order valence-corrected chi connectivity index (χ3v) is 4.67. The summed E-state index contributed by atoms with van der Waals surface area (Å²) in [5.41, 5.74) is 0. The first-order chi connectivity index (χ1) is 12.3. The molecule has 152 valence electrons. The number of rotatable bonds is 16. The minimum atomic E-state index is -0.0995. The van der Waals surface area contributed by atoms with Gasteiger partial charge in [-0.1, -0.05) is 45.1 Å². The van der Waals surface area contributed by atoms with E-state index in [2.05, 4.69) is 20.7 Å². The van der Waals surface area contributed by atoms with Crippen LogP contribution in [0.2, 0.25) is 0 Å². The number of hydrogen-bond donors (Lipinski definition) is 0. The Labute approximate surface area is 161 Å². The van der Waals surface area contributed by atoms with Gasteiger partial charge in [0.2, 0.25) is 5.91 Å². The Morgan fingerprint density at radius 2 is 1.46 bits per heavy atom.